The summed E-state index contributed by atoms with van der Waals surface area (Å²) >= 11 is 1.68. The van der Waals surface area contributed by atoms with Crippen LogP contribution in [-0.4, -0.2) is 56.2 Å². The van der Waals surface area contributed by atoms with Crippen LogP contribution in [0.15, 0.2) is 29.2 Å². The molecule has 0 bridgehead atoms. The molecule has 0 radical (unpaired) electrons. The lowest BCUT2D eigenvalue weighted by molar-refractivity contribution is -0.135. The van der Waals surface area contributed by atoms with Gasteiger partial charge in [0.2, 0.25) is 15.9 Å². The summed E-state index contributed by atoms with van der Waals surface area (Å²) in [6.07, 6.45) is 4.72. The highest BCUT2D eigenvalue weighted by atomic mass is 32.2. The van der Waals surface area contributed by atoms with Gasteiger partial charge in [0.25, 0.3) is 0 Å². The average molecular weight is 357 g/mol. The van der Waals surface area contributed by atoms with E-state index in [4.69, 9.17) is 0 Å². The predicted molar refractivity (Wildman–Crippen MR) is 93.8 cm³/mol. The molecule has 1 aliphatic heterocycles. The number of amides is 1. The van der Waals surface area contributed by atoms with Crippen LogP contribution in [-0.2, 0) is 21.4 Å². The van der Waals surface area contributed by atoms with E-state index in [9.17, 15) is 13.2 Å². The van der Waals surface area contributed by atoms with Crippen LogP contribution < -0.4 is 0 Å². The fourth-order valence-corrected chi connectivity index (χ4v) is 4.16. The largest absolute Gasteiger partial charge is 0.341 e. The van der Waals surface area contributed by atoms with Crippen molar-refractivity contribution in [3.63, 3.8) is 0 Å². The number of benzene rings is 1. The second kappa shape index (κ2) is 7.68. The van der Waals surface area contributed by atoms with Crippen molar-refractivity contribution in [1.82, 2.24) is 9.21 Å². The molecule has 5 nitrogen and oxygen atoms in total. The van der Waals surface area contributed by atoms with Crippen molar-refractivity contribution in [2.45, 2.75) is 24.3 Å². The first-order valence-electron chi connectivity index (χ1n) is 7.64. The Hall–Kier alpha value is -1.05. The highest BCUT2D eigenvalue weighted by molar-refractivity contribution is 7.98. The monoisotopic (exact) mass is 356 g/mol. The van der Waals surface area contributed by atoms with Crippen LogP contribution in [0.5, 0.6) is 0 Å². The second-order valence-corrected chi connectivity index (χ2v) is 8.86. The number of rotatable bonds is 5. The lowest BCUT2D eigenvalue weighted by Gasteiger charge is -2.32. The summed E-state index contributed by atoms with van der Waals surface area (Å²) in [4.78, 5) is 15.5. The Bertz CT molecular complexity index is 644. The van der Waals surface area contributed by atoms with Crippen molar-refractivity contribution in [3.05, 3.63) is 29.8 Å². The van der Waals surface area contributed by atoms with Crippen molar-refractivity contribution in [3.8, 4) is 0 Å². The molecule has 1 heterocycles. The molecule has 0 aromatic heterocycles. The number of hydrogen-bond acceptors (Lipinski definition) is 4. The number of sulfonamides is 1. The van der Waals surface area contributed by atoms with E-state index in [1.165, 1.54) is 15.5 Å². The molecule has 7 heteroatoms. The molecule has 2 rings (SSSR count). The zero-order valence-corrected chi connectivity index (χ0v) is 15.5. The van der Waals surface area contributed by atoms with Gasteiger partial charge in [-0.3, -0.25) is 4.79 Å². The number of nitrogens with zero attached hydrogens (tertiary/aromatic N) is 2. The van der Waals surface area contributed by atoms with Gasteiger partial charge in [-0.25, -0.2) is 12.7 Å². The molecule has 0 N–H and O–H groups in total. The van der Waals surface area contributed by atoms with E-state index in [0.717, 1.165) is 18.4 Å². The Morgan fingerprint density at radius 2 is 2.00 bits per heavy atom. The maximum absolute atomic E-state index is 12.6. The Labute approximate surface area is 143 Å². The number of piperidine rings is 1. The molecule has 0 spiro atoms. The first-order chi connectivity index (χ1) is 10.8. The summed E-state index contributed by atoms with van der Waals surface area (Å²) in [7, 11) is -1.44. The Balaban J connectivity index is 1.98. The van der Waals surface area contributed by atoms with E-state index in [1.807, 2.05) is 30.5 Å². The number of thioether (sulfide) groups is 1. The van der Waals surface area contributed by atoms with Crippen molar-refractivity contribution in [2.24, 2.45) is 5.92 Å². The minimum absolute atomic E-state index is 0.0206. The Morgan fingerprint density at radius 1 is 1.35 bits per heavy atom. The molecule has 1 aliphatic rings. The van der Waals surface area contributed by atoms with E-state index >= 15 is 0 Å². The smallest absolute Gasteiger partial charge is 0.227 e. The van der Waals surface area contributed by atoms with Crippen LogP contribution in [0, 0.1) is 5.92 Å². The SMILES string of the molecule is CSc1ccc(CN(C)C(=O)C2CCCN(S(C)(=O)=O)C2)cc1. The molecule has 0 saturated carbocycles. The van der Waals surface area contributed by atoms with E-state index in [0.29, 0.717) is 19.6 Å². The molecular formula is C16H24N2O3S2. The van der Waals surface area contributed by atoms with Gasteiger partial charge in [-0.1, -0.05) is 12.1 Å². The third-order valence-electron chi connectivity index (χ3n) is 4.16. The first-order valence-corrected chi connectivity index (χ1v) is 10.7. The fraction of sp³-hybridized carbons (Fsp3) is 0.562. The van der Waals surface area contributed by atoms with Gasteiger partial charge in [-0.2, -0.15) is 0 Å². The van der Waals surface area contributed by atoms with Gasteiger partial charge in [-0.15, -0.1) is 11.8 Å². The third-order valence-corrected chi connectivity index (χ3v) is 6.17. The topological polar surface area (TPSA) is 57.7 Å². The quantitative estimate of drug-likeness (QED) is 0.758. The van der Waals surface area contributed by atoms with Gasteiger partial charge < -0.3 is 4.90 Å². The van der Waals surface area contributed by atoms with Gasteiger partial charge in [0.1, 0.15) is 0 Å². The second-order valence-electron chi connectivity index (χ2n) is 6.00. The van der Waals surface area contributed by atoms with Crippen LogP contribution in [0.25, 0.3) is 0 Å². The minimum atomic E-state index is -3.22. The lowest BCUT2D eigenvalue weighted by atomic mass is 9.98. The van der Waals surface area contributed by atoms with E-state index in [2.05, 4.69) is 0 Å². The maximum Gasteiger partial charge on any atom is 0.227 e. The van der Waals surface area contributed by atoms with Gasteiger partial charge in [0.05, 0.1) is 12.2 Å². The fourth-order valence-electron chi connectivity index (χ4n) is 2.84. The number of carbonyl (C=O) groups is 1. The summed E-state index contributed by atoms with van der Waals surface area (Å²) in [5.41, 5.74) is 1.08. The minimum Gasteiger partial charge on any atom is -0.341 e. The Morgan fingerprint density at radius 3 is 2.57 bits per heavy atom. The summed E-state index contributed by atoms with van der Waals surface area (Å²) in [6.45, 7) is 1.36. The van der Waals surface area contributed by atoms with Gasteiger partial charge in [0.15, 0.2) is 0 Å². The van der Waals surface area contributed by atoms with Crippen molar-refractivity contribution < 1.29 is 13.2 Å². The Kier molecular flexibility index (Phi) is 6.11. The highest BCUT2D eigenvalue weighted by Gasteiger charge is 2.31. The molecule has 1 atom stereocenters. The third kappa shape index (κ3) is 4.96. The lowest BCUT2D eigenvalue weighted by Crippen LogP contribution is -2.45. The molecule has 1 aromatic rings. The summed E-state index contributed by atoms with van der Waals surface area (Å²) in [6, 6.07) is 8.15. The zero-order valence-electron chi connectivity index (χ0n) is 13.9. The molecule has 1 amide bonds. The van der Waals surface area contributed by atoms with Crippen molar-refractivity contribution >= 4 is 27.7 Å². The van der Waals surface area contributed by atoms with Crippen LogP contribution in [0.1, 0.15) is 18.4 Å². The first kappa shape index (κ1) is 18.3. The summed E-state index contributed by atoms with van der Waals surface area (Å²) in [5.74, 6) is -0.221. The van der Waals surface area contributed by atoms with Crippen LogP contribution >= 0.6 is 11.8 Å². The highest BCUT2D eigenvalue weighted by Crippen LogP contribution is 2.21. The normalized spacial score (nSPS) is 19.5. The summed E-state index contributed by atoms with van der Waals surface area (Å²) in [5, 5.41) is 0. The molecule has 23 heavy (non-hydrogen) atoms. The van der Waals surface area contributed by atoms with Crippen molar-refractivity contribution in [2.75, 3.05) is 32.6 Å². The molecule has 1 saturated heterocycles. The standard InChI is InChI=1S/C16H24N2O3S2/c1-17(11-13-6-8-15(22-2)9-7-13)16(19)14-5-4-10-18(12-14)23(3,20)21/h6-9,14H,4-5,10-12H2,1-3H3. The molecule has 1 fully saturated rings. The van der Waals surface area contributed by atoms with Crippen molar-refractivity contribution in [1.29, 1.82) is 0 Å². The maximum atomic E-state index is 12.6. The van der Waals surface area contributed by atoms with Gasteiger partial charge >= 0.3 is 0 Å². The molecular weight excluding hydrogens is 332 g/mol. The van der Waals surface area contributed by atoms with Crippen LogP contribution in [0.2, 0.25) is 0 Å². The molecule has 128 valence electrons. The van der Waals surface area contributed by atoms with E-state index < -0.39 is 10.0 Å². The van der Waals surface area contributed by atoms with E-state index in [-0.39, 0.29) is 11.8 Å². The predicted octanol–water partition coefficient (Wildman–Crippen LogP) is 2.04. The number of carbonyl (C=O) groups excluding carboxylic acids is 1. The number of hydrogen-bond donors (Lipinski definition) is 0. The van der Waals surface area contributed by atoms with Gasteiger partial charge in [0, 0.05) is 31.6 Å². The van der Waals surface area contributed by atoms with Crippen LogP contribution in [0.4, 0.5) is 0 Å². The molecule has 1 aromatic carbocycles. The zero-order chi connectivity index (χ0) is 17.0. The van der Waals surface area contributed by atoms with Gasteiger partial charge in [-0.05, 0) is 36.8 Å². The van der Waals surface area contributed by atoms with E-state index in [1.54, 1.807) is 23.7 Å². The molecule has 0 aliphatic carbocycles. The van der Waals surface area contributed by atoms with Crippen LogP contribution in [0.3, 0.4) is 0 Å². The molecule has 1 unspecified atom stereocenters. The summed E-state index contributed by atoms with van der Waals surface area (Å²) < 4.78 is 24.8. The average Bonchev–Trinajstić information content (AvgIpc) is 2.54.